The maximum absolute atomic E-state index is 6.00. The van der Waals surface area contributed by atoms with Crippen molar-refractivity contribution >= 4 is 5.69 Å². The molecule has 4 heteroatoms. The Kier molecular flexibility index (Phi) is 7.20. The number of nitrogens with one attached hydrogen (secondary N) is 1. The normalized spacial score (nSPS) is 16.4. The Hall–Kier alpha value is -2.20. The van der Waals surface area contributed by atoms with Gasteiger partial charge in [0, 0.05) is 18.7 Å². The summed E-state index contributed by atoms with van der Waals surface area (Å²) in [5.74, 6) is 1.82. The summed E-state index contributed by atoms with van der Waals surface area (Å²) in [4.78, 5) is 0. The summed E-state index contributed by atoms with van der Waals surface area (Å²) in [5.41, 5.74) is 2.14. The van der Waals surface area contributed by atoms with E-state index in [0.717, 1.165) is 61.6 Å². The van der Waals surface area contributed by atoms with Crippen LogP contribution >= 0.6 is 0 Å². The summed E-state index contributed by atoms with van der Waals surface area (Å²) < 4.78 is 17.6. The van der Waals surface area contributed by atoms with Gasteiger partial charge in [-0.05, 0) is 37.5 Å². The quantitative estimate of drug-likeness (QED) is 0.606. The SMILES string of the molecule is CCCCOc1ccccc1CNc1ccccc1OCC1CCCO1. The Labute approximate surface area is 156 Å². The van der Waals surface area contributed by atoms with Gasteiger partial charge < -0.3 is 19.5 Å². The molecule has 2 aromatic carbocycles. The van der Waals surface area contributed by atoms with Crippen LogP contribution in [0.1, 0.15) is 38.2 Å². The summed E-state index contributed by atoms with van der Waals surface area (Å²) in [6.07, 6.45) is 4.63. The lowest BCUT2D eigenvalue weighted by Gasteiger charge is -2.17. The molecular formula is C22H29NO3. The monoisotopic (exact) mass is 355 g/mol. The molecule has 0 amide bonds. The van der Waals surface area contributed by atoms with E-state index in [-0.39, 0.29) is 6.10 Å². The van der Waals surface area contributed by atoms with Gasteiger partial charge in [-0.3, -0.25) is 0 Å². The van der Waals surface area contributed by atoms with E-state index in [4.69, 9.17) is 14.2 Å². The molecule has 140 valence electrons. The van der Waals surface area contributed by atoms with E-state index < -0.39 is 0 Å². The predicted molar refractivity (Wildman–Crippen MR) is 105 cm³/mol. The second kappa shape index (κ2) is 10.1. The van der Waals surface area contributed by atoms with Gasteiger partial charge in [0.15, 0.2) is 0 Å². The first kappa shape index (κ1) is 18.6. The van der Waals surface area contributed by atoms with Crippen molar-refractivity contribution in [1.29, 1.82) is 0 Å². The molecule has 26 heavy (non-hydrogen) atoms. The zero-order valence-corrected chi connectivity index (χ0v) is 15.6. The zero-order chi connectivity index (χ0) is 18.0. The van der Waals surface area contributed by atoms with Gasteiger partial charge in [0.25, 0.3) is 0 Å². The fraction of sp³-hybridized carbons (Fsp3) is 0.455. The van der Waals surface area contributed by atoms with Crippen molar-refractivity contribution in [2.45, 2.75) is 45.3 Å². The second-order valence-corrected chi connectivity index (χ2v) is 6.61. The van der Waals surface area contributed by atoms with Gasteiger partial charge in [-0.15, -0.1) is 0 Å². The molecule has 1 heterocycles. The molecule has 0 aromatic heterocycles. The molecule has 1 atom stereocenters. The van der Waals surface area contributed by atoms with Crippen LogP contribution in [-0.4, -0.2) is 25.9 Å². The van der Waals surface area contributed by atoms with Gasteiger partial charge in [-0.1, -0.05) is 43.7 Å². The number of para-hydroxylation sites is 3. The second-order valence-electron chi connectivity index (χ2n) is 6.61. The molecule has 0 bridgehead atoms. The first-order chi connectivity index (χ1) is 12.9. The topological polar surface area (TPSA) is 39.7 Å². The van der Waals surface area contributed by atoms with Crippen molar-refractivity contribution in [3.63, 3.8) is 0 Å². The maximum Gasteiger partial charge on any atom is 0.142 e. The molecule has 0 radical (unpaired) electrons. The average Bonchev–Trinajstić information content (AvgIpc) is 3.20. The molecule has 0 saturated carbocycles. The zero-order valence-electron chi connectivity index (χ0n) is 15.6. The van der Waals surface area contributed by atoms with Crippen LogP contribution < -0.4 is 14.8 Å². The van der Waals surface area contributed by atoms with Crippen LogP contribution in [0.15, 0.2) is 48.5 Å². The Morgan fingerprint density at radius 3 is 2.65 bits per heavy atom. The van der Waals surface area contributed by atoms with Gasteiger partial charge in [0.2, 0.25) is 0 Å². The van der Waals surface area contributed by atoms with Gasteiger partial charge in [-0.2, -0.15) is 0 Å². The molecule has 0 spiro atoms. The van der Waals surface area contributed by atoms with Crippen molar-refractivity contribution in [2.75, 3.05) is 25.1 Å². The van der Waals surface area contributed by atoms with E-state index in [2.05, 4.69) is 18.3 Å². The average molecular weight is 355 g/mol. The highest BCUT2D eigenvalue weighted by atomic mass is 16.5. The van der Waals surface area contributed by atoms with E-state index in [1.54, 1.807) is 0 Å². The van der Waals surface area contributed by atoms with Crippen molar-refractivity contribution in [1.82, 2.24) is 0 Å². The van der Waals surface area contributed by atoms with Crippen molar-refractivity contribution < 1.29 is 14.2 Å². The molecule has 3 rings (SSSR count). The molecule has 1 aliphatic rings. The first-order valence-corrected chi connectivity index (χ1v) is 9.65. The minimum atomic E-state index is 0.218. The van der Waals surface area contributed by atoms with E-state index in [1.807, 2.05) is 42.5 Å². The number of hydrogen-bond donors (Lipinski definition) is 1. The smallest absolute Gasteiger partial charge is 0.142 e. The third kappa shape index (κ3) is 5.40. The van der Waals surface area contributed by atoms with Crippen LogP contribution in [0.25, 0.3) is 0 Å². The summed E-state index contributed by atoms with van der Waals surface area (Å²) >= 11 is 0. The summed E-state index contributed by atoms with van der Waals surface area (Å²) in [7, 11) is 0. The molecule has 0 aliphatic carbocycles. The Morgan fingerprint density at radius 1 is 1.04 bits per heavy atom. The Bertz CT molecular complexity index is 668. The van der Waals surface area contributed by atoms with Crippen LogP contribution in [0, 0.1) is 0 Å². The molecule has 1 fully saturated rings. The summed E-state index contributed by atoms with van der Waals surface area (Å²) in [6.45, 7) is 5.08. The highest BCUT2D eigenvalue weighted by molar-refractivity contribution is 5.56. The number of unbranched alkanes of at least 4 members (excludes halogenated alkanes) is 1. The molecule has 1 unspecified atom stereocenters. The van der Waals surface area contributed by atoms with Crippen LogP contribution in [0.5, 0.6) is 11.5 Å². The third-order valence-corrected chi connectivity index (χ3v) is 4.53. The number of rotatable bonds is 10. The third-order valence-electron chi connectivity index (χ3n) is 4.53. The van der Waals surface area contributed by atoms with Gasteiger partial charge in [0.05, 0.1) is 18.4 Å². The van der Waals surface area contributed by atoms with Crippen LogP contribution in [-0.2, 0) is 11.3 Å². The Balaban J connectivity index is 1.59. The Morgan fingerprint density at radius 2 is 1.85 bits per heavy atom. The van der Waals surface area contributed by atoms with Crippen LogP contribution in [0.2, 0.25) is 0 Å². The predicted octanol–water partition coefficient (Wildman–Crippen LogP) is 5.04. The summed E-state index contributed by atoms with van der Waals surface area (Å²) in [5, 5.41) is 3.49. The molecular weight excluding hydrogens is 326 g/mol. The van der Waals surface area contributed by atoms with Crippen LogP contribution in [0.4, 0.5) is 5.69 Å². The van der Waals surface area contributed by atoms with E-state index in [1.165, 1.54) is 0 Å². The maximum atomic E-state index is 6.00. The molecule has 2 aromatic rings. The molecule has 4 nitrogen and oxygen atoms in total. The van der Waals surface area contributed by atoms with Crippen LogP contribution in [0.3, 0.4) is 0 Å². The minimum Gasteiger partial charge on any atom is -0.493 e. The largest absolute Gasteiger partial charge is 0.493 e. The fourth-order valence-electron chi connectivity index (χ4n) is 3.00. The van der Waals surface area contributed by atoms with Crippen molar-refractivity contribution in [3.8, 4) is 11.5 Å². The standard InChI is InChI=1S/C22H29NO3/c1-2-3-14-25-21-12-6-4-9-18(21)16-23-20-11-5-7-13-22(20)26-17-19-10-8-15-24-19/h4-7,9,11-13,19,23H,2-3,8,10,14-17H2,1H3. The van der Waals surface area contributed by atoms with E-state index in [9.17, 15) is 0 Å². The number of hydrogen-bond acceptors (Lipinski definition) is 4. The minimum absolute atomic E-state index is 0.218. The number of benzene rings is 2. The lowest BCUT2D eigenvalue weighted by atomic mass is 10.2. The number of anilines is 1. The van der Waals surface area contributed by atoms with Gasteiger partial charge in [-0.25, -0.2) is 0 Å². The molecule has 1 aliphatic heterocycles. The molecule has 1 N–H and O–H groups in total. The van der Waals surface area contributed by atoms with Crippen molar-refractivity contribution in [2.24, 2.45) is 0 Å². The number of ether oxygens (including phenoxy) is 3. The van der Waals surface area contributed by atoms with Gasteiger partial charge in [0.1, 0.15) is 18.1 Å². The van der Waals surface area contributed by atoms with Crippen molar-refractivity contribution in [3.05, 3.63) is 54.1 Å². The molecule has 1 saturated heterocycles. The highest BCUT2D eigenvalue weighted by Gasteiger charge is 2.16. The van der Waals surface area contributed by atoms with Gasteiger partial charge >= 0.3 is 0 Å². The lowest BCUT2D eigenvalue weighted by molar-refractivity contribution is 0.0682. The van der Waals surface area contributed by atoms with E-state index in [0.29, 0.717) is 13.2 Å². The van der Waals surface area contributed by atoms with E-state index >= 15 is 0 Å². The highest BCUT2D eigenvalue weighted by Crippen LogP contribution is 2.27. The fourth-order valence-corrected chi connectivity index (χ4v) is 3.00. The lowest BCUT2D eigenvalue weighted by Crippen LogP contribution is -2.17. The first-order valence-electron chi connectivity index (χ1n) is 9.65. The summed E-state index contributed by atoms with van der Waals surface area (Å²) in [6, 6.07) is 16.3.